The molecule has 7 heteroatoms. The lowest BCUT2D eigenvalue weighted by Crippen LogP contribution is -2.43. The van der Waals surface area contributed by atoms with Crippen LogP contribution in [0.5, 0.6) is 5.75 Å². The summed E-state index contributed by atoms with van der Waals surface area (Å²) >= 11 is 0. The number of aliphatic carboxylic acids is 1. The van der Waals surface area contributed by atoms with Gasteiger partial charge in [0.15, 0.2) is 0 Å². The van der Waals surface area contributed by atoms with Crippen LogP contribution in [0.3, 0.4) is 0 Å². The van der Waals surface area contributed by atoms with E-state index in [2.05, 4.69) is 10.8 Å². The molecule has 1 aromatic rings. The van der Waals surface area contributed by atoms with Crippen molar-refractivity contribution in [1.82, 2.24) is 4.72 Å². The first kappa shape index (κ1) is 19.9. The Hall–Kier alpha value is -1.86. The fourth-order valence-corrected chi connectivity index (χ4v) is 5.90. The Kier molecular flexibility index (Phi) is 6.22. The molecule has 3 rings (SSSR count). The van der Waals surface area contributed by atoms with Gasteiger partial charge < -0.3 is 10.2 Å². The van der Waals surface area contributed by atoms with Crippen molar-refractivity contribution in [2.75, 3.05) is 0 Å². The number of sulfonamides is 1. The first-order valence-corrected chi connectivity index (χ1v) is 11.0. The smallest absolute Gasteiger partial charge is 0.303 e. The van der Waals surface area contributed by atoms with E-state index in [1.54, 1.807) is 0 Å². The van der Waals surface area contributed by atoms with E-state index in [1.165, 1.54) is 24.3 Å². The molecule has 148 valence electrons. The van der Waals surface area contributed by atoms with E-state index in [0.717, 1.165) is 32.1 Å². The first-order valence-electron chi connectivity index (χ1n) is 9.55. The third-order valence-corrected chi connectivity index (χ3v) is 7.34. The normalized spacial score (nSPS) is 27.4. The van der Waals surface area contributed by atoms with Crippen LogP contribution in [-0.4, -0.2) is 30.6 Å². The molecule has 4 atom stereocenters. The molecule has 0 spiro atoms. The van der Waals surface area contributed by atoms with Gasteiger partial charge in [-0.05, 0) is 80.5 Å². The summed E-state index contributed by atoms with van der Waals surface area (Å²) in [6, 6.07) is 5.54. The van der Waals surface area contributed by atoms with E-state index in [1.807, 2.05) is 6.08 Å². The van der Waals surface area contributed by atoms with Crippen molar-refractivity contribution in [3.63, 3.8) is 0 Å². The number of allylic oxidation sites excluding steroid dienone is 2. The number of aromatic hydroxyl groups is 1. The lowest BCUT2D eigenvalue weighted by atomic mass is 9.83. The Bertz CT molecular complexity index is 787. The van der Waals surface area contributed by atoms with Crippen LogP contribution in [0.25, 0.3) is 0 Å². The maximum Gasteiger partial charge on any atom is 0.303 e. The number of carboxylic acid groups (broad SMARTS) is 1. The molecule has 0 amide bonds. The topological polar surface area (TPSA) is 104 Å². The Balaban J connectivity index is 1.62. The summed E-state index contributed by atoms with van der Waals surface area (Å²) in [5.41, 5.74) is 0. The summed E-state index contributed by atoms with van der Waals surface area (Å²) in [5, 5.41) is 18.0. The molecular weight excluding hydrogens is 366 g/mol. The van der Waals surface area contributed by atoms with Crippen molar-refractivity contribution in [2.45, 2.75) is 55.9 Å². The maximum atomic E-state index is 12.7. The van der Waals surface area contributed by atoms with E-state index in [9.17, 15) is 18.3 Å². The second-order valence-corrected chi connectivity index (χ2v) is 9.35. The molecule has 2 bridgehead atoms. The van der Waals surface area contributed by atoms with Gasteiger partial charge in [-0.25, -0.2) is 13.1 Å². The number of phenolic OH excluding ortho intramolecular Hbond substituents is 1. The number of phenols is 1. The van der Waals surface area contributed by atoms with Crippen molar-refractivity contribution in [2.24, 2.45) is 17.8 Å². The van der Waals surface area contributed by atoms with Gasteiger partial charge in [0.05, 0.1) is 4.90 Å². The van der Waals surface area contributed by atoms with Crippen molar-refractivity contribution in [1.29, 1.82) is 0 Å². The molecule has 0 saturated heterocycles. The van der Waals surface area contributed by atoms with Gasteiger partial charge in [-0.2, -0.15) is 0 Å². The summed E-state index contributed by atoms with van der Waals surface area (Å²) in [6.45, 7) is 0. The molecule has 27 heavy (non-hydrogen) atoms. The fourth-order valence-electron chi connectivity index (χ4n) is 4.55. The van der Waals surface area contributed by atoms with Crippen LogP contribution in [-0.2, 0) is 14.8 Å². The number of carboxylic acids is 1. The van der Waals surface area contributed by atoms with Crippen LogP contribution in [0.15, 0.2) is 41.3 Å². The number of unbranched alkanes of at least 4 members (excludes halogenated alkanes) is 1. The number of nitrogens with one attached hydrogen (secondary N) is 1. The van der Waals surface area contributed by atoms with E-state index < -0.39 is 16.0 Å². The number of carbonyl (C=O) groups is 1. The molecule has 2 fully saturated rings. The Morgan fingerprint density at radius 1 is 1.15 bits per heavy atom. The van der Waals surface area contributed by atoms with Crippen LogP contribution in [0, 0.1) is 17.8 Å². The molecule has 2 aliphatic carbocycles. The van der Waals surface area contributed by atoms with Gasteiger partial charge in [0, 0.05) is 12.5 Å². The minimum Gasteiger partial charge on any atom is -0.508 e. The minimum atomic E-state index is -3.62. The van der Waals surface area contributed by atoms with Gasteiger partial charge in [-0.1, -0.05) is 12.2 Å². The number of hydrogen-bond acceptors (Lipinski definition) is 4. The monoisotopic (exact) mass is 393 g/mol. The van der Waals surface area contributed by atoms with Gasteiger partial charge in [-0.3, -0.25) is 4.79 Å². The zero-order chi connectivity index (χ0) is 19.4. The lowest BCUT2D eigenvalue weighted by molar-refractivity contribution is -0.137. The average molecular weight is 394 g/mol. The van der Waals surface area contributed by atoms with Gasteiger partial charge in [0.25, 0.3) is 0 Å². The fraction of sp³-hybridized carbons (Fsp3) is 0.550. The van der Waals surface area contributed by atoms with Crippen LogP contribution < -0.4 is 4.72 Å². The first-order chi connectivity index (χ1) is 12.9. The third-order valence-electron chi connectivity index (χ3n) is 5.86. The zero-order valence-electron chi connectivity index (χ0n) is 15.3. The van der Waals surface area contributed by atoms with Crippen molar-refractivity contribution in [3.05, 3.63) is 36.4 Å². The average Bonchev–Trinajstić information content (AvgIpc) is 3.20. The third kappa shape index (κ3) is 4.90. The van der Waals surface area contributed by atoms with Crippen molar-refractivity contribution in [3.8, 4) is 5.75 Å². The van der Waals surface area contributed by atoms with Crippen LogP contribution in [0.4, 0.5) is 0 Å². The highest BCUT2D eigenvalue weighted by Gasteiger charge is 2.48. The summed E-state index contributed by atoms with van der Waals surface area (Å²) in [4.78, 5) is 10.7. The molecule has 2 aliphatic rings. The van der Waals surface area contributed by atoms with E-state index in [4.69, 9.17) is 5.11 Å². The number of benzene rings is 1. The Morgan fingerprint density at radius 2 is 1.85 bits per heavy atom. The zero-order valence-corrected chi connectivity index (χ0v) is 16.1. The van der Waals surface area contributed by atoms with E-state index in [-0.39, 0.29) is 29.0 Å². The summed E-state index contributed by atoms with van der Waals surface area (Å²) in [7, 11) is -3.62. The van der Waals surface area contributed by atoms with Gasteiger partial charge in [0.1, 0.15) is 5.75 Å². The van der Waals surface area contributed by atoms with Crippen LogP contribution >= 0.6 is 0 Å². The number of rotatable bonds is 9. The molecule has 1 unspecified atom stereocenters. The van der Waals surface area contributed by atoms with Crippen LogP contribution in [0.1, 0.15) is 44.9 Å². The highest BCUT2D eigenvalue weighted by Crippen LogP contribution is 2.50. The highest BCUT2D eigenvalue weighted by atomic mass is 32.2. The molecule has 3 N–H and O–H groups in total. The summed E-state index contributed by atoms with van der Waals surface area (Å²) in [6.07, 6.45) is 9.72. The largest absolute Gasteiger partial charge is 0.508 e. The quantitative estimate of drug-likeness (QED) is 0.441. The summed E-state index contributed by atoms with van der Waals surface area (Å²) < 4.78 is 28.4. The number of hydrogen-bond donors (Lipinski definition) is 3. The second-order valence-electron chi connectivity index (χ2n) is 7.63. The predicted octanol–water partition coefficient (Wildman–Crippen LogP) is 3.29. The van der Waals surface area contributed by atoms with Gasteiger partial charge >= 0.3 is 5.97 Å². The molecule has 0 heterocycles. The van der Waals surface area contributed by atoms with Gasteiger partial charge in [-0.15, -0.1) is 0 Å². The van der Waals surface area contributed by atoms with Crippen LogP contribution in [0.2, 0.25) is 0 Å². The van der Waals surface area contributed by atoms with Crippen molar-refractivity contribution >= 4 is 16.0 Å². The molecule has 6 nitrogen and oxygen atoms in total. The van der Waals surface area contributed by atoms with Crippen molar-refractivity contribution < 1.29 is 23.4 Å². The molecular formula is C20H27NO5S. The maximum absolute atomic E-state index is 12.7. The minimum absolute atomic E-state index is 0.0415. The Morgan fingerprint density at radius 3 is 2.56 bits per heavy atom. The van der Waals surface area contributed by atoms with E-state index >= 15 is 0 Å². The molecule has 1 aromatic carbocycles. The molecule has 0 radical (unpaired) electrons. The Labute approximate surface area is 160 Å². The second kappa shape index (κ2) is 8.44. The van der Waals surface area contributed by atoms with E-state index in [0.29, 0.717) is 18.3 Å². The summed E-state index contributed by atoms with van der Waals surface area (Å²) in [5.74, 6) is 0.477. The molecule has 2 saturated carbocycles. The predicted molar refractivity (Wildman–Crippen MR) is 102 cm³/mol. The lowest BCUT2D eigenvalue weighted by Gasteiger charge is -2.31. The van der Waals surface area contributed by atoms with Gasteiger partial charge in [0.2, 0.25) is 10.0 Å². The number of fused-ring (bicyclic) bond motifs is 2. The SMILES string of the molecule is O=C(O)CCC/C=C\C[C@H]1[C@@H]2CCC(C2)[C@@H]1NS(=O)(=O)c1ccc(O)cc1. The highest BCUT2D eigenvalue weighted by molar-refractivity contribution is 7.89. The molecule has 0 aliphatic heterocycles. The molecule has 0 aromatic heterocycles. The standard InChI is InChI=1S/C20H27NO5S/c22-16-9-11-17(12-10-16)27(25,26)21-20-15-8-7-14(13-15)18(20)5-3-1-2-4-6-19(23)24/h1,3,9-12,14-15,18,20-22H,2,4-8,13H2,(H,23,24)/b3-1-/t14-,15?,18+,20+/m1/s1.